The van der Waals surface area contributed by atoms with Gasteiger partial charge in [-0.15, -0.1) is 11.3 Å². The molecular formula is C10H12N4S2. The van der Waals surface area contributed by atoms with Crippen molar-refractivity contribution in [2.45, 2.75) is 31.7 Å². The average Bonchev–Trinajstić information content (AvgIpc) is 2.51. The van der Waals surface area contributed by atoms with Gasteiger partial charge in [-0.1, -0.05) is 0 Å². The number of nitrogens with zero attached hydrogens (tertiary/aromatic N) is 2. The summed E-state index contributed by atoms with van der Waals surface area (Å²) in [5.74, 6) is 0.762. The Morgan fingerprint density at radius 3 is 2.81 bits per heavy atom. The van der Waals surface area contributed by atoms with E-state index in [0.717, 1.165) is 26.3 Å². The van der Waals surface area contributed by atoms with Gasteiger partial charge in [0.25, 0.3) is 0 Å². The smallest absolute Gasteiger partial charge is 0.207 e. The molecule has 0 radical (unpaired) electrons. The van der Waals surface area contributed by atoms with Crippen molar-refractivity contribution < 1.29 is 0 Å². The van der Waals surface area contributed by atoms with E-state index in [2.05, 4.69) is 21.1 Å². The number of nitrogens with one attached hydrogen (secondary N) is 2. The lowest BCUT2D eigenvalue weighted by Crippen LogP contribution is -2.29. The van der Waals surface area contributed by atoms with Crippen molar-refractivity contribution in [1.82, 2.24) is 4.72 Å². The first-order valence-corrected chi connectivity index (χ1v) is 6.56. The zero-order valence-electron chi connectivity index (χ0n) is 9.29. The van der Waals surface area contributed by atoms with Crippen LogP contribution in [-0.4, -0.2) is 12.0 Å². The van der Waals surface area contributed by atoms with Gasteiger partial charge >= 0.3 is 0 Å². The summed E-state index contributed by atoms with van der Waals surface area (Å²) in [4.78, 5) is 6.42. The Labute approximate surface area is 103 Å². The van der Waals surface area contributed by atoms with Gasteiger partial charge in [-0.25, -0.2) is 4.99 Å². The van der Waals surface area contributed by atoms with Crippen molar-refractivity contribution in [1.29, 1.82) is 5.26 Å². The van der Waals surface area contributed by atoms with E-state index in [0.29, 0.717) is 0 Å². The van der Waals surface area contributed by atoms with E-state index in [4.69, 9.17) is 5.26 Å². The number of nitriles is 1. The monoisotopic (exact) mass is 252 g/mol. The Hall–Kier alpha value is -1.19. The molecule has 2 rings (SSSR count). The third-order valence-electron chi connectivity index (χ3n) is 2.02. The number of aliphatic imine (C=N–C) groups is 1. The predicted octanol–water partition coefficient (Wildman–Crippen LogP) is 2.71. The van der Waals surface area contributed by atoms with E-state index in [1.807, 2.05) is 20.8 Å². The summed E-state index contributed by atoms with van der Waals surface area (Å²) < 4.78 is 3.11. The molecule has 2 heterocycles. The van der Waals surface area contributed by atoms with Gasteiger partial charge in [0.1, 0.15) is 11.1 Å². The number of hydrogen-bond acceptors (Lipinski definition) is 4. The van der Waals surface area contributed by atoms with E-state index in [1.165, 1.54) is 11.9 Å². The molecule has 0 spiro atoms. The first-order valence-electron chi connectivity index (χ1n) is 4.93. The Bertz CT molecular complexity index is 482. The van der Waals surface area contributed by atoms with Crippen LogP contribution in [0.3, 0.4) is 0 Å². The normalized spacial score (nSPS) is 16.6. The van der Waals surface area contributed by atoms with Crippen LogP contribution in [0.25, 0.3) is 0 Å². The Kier molecular flexibility index (Phi) is 3.08. The molecule has 0 bridgehead atoms. The SMILES string of the molecule is Cc1sc2c(c1C#N)SNC(=NC(C)C)N2. The molecule has 0 fully saturated rings. The number of anilines is 1. The molecule has 16 heavy (non-hydrogen) atoms. The van der Waals surface area contributed by atoms with Gasteiger partial charge in [-0.05, 0) is 32.7 Å². The fourth-order valence-electron chi connectivity index (χ4n) is 1.38. The number of hydrogen-bond donors (Lipinski definition) is 2. The van der Waals surface area contributed by atoms with Crippen LogP contribution < -0.4 is 10.0 Å². The summed E-state index contributed by atoms with van der Waals surface area (Å²) in [5, 5.41) is 13.3. The molecule has 1 aliphatic heterocycles. The van der Waals surface area contributed by atoms with E-state index in [9.17, 15) is 0 Å². The van der Waals surface area contributed by atoms with Crippen LogP contribution in [-0.2, 0) is 0 Å². The van der Waals surface area contributed by atoms with Crippen molar-refractivity contribution in [3.63, 3.8) is 0 Å². The molecule has 0 saturated heterocycles. The predicted molar refractivity (Wildman–Crippen MR) is 69.0 cm³/mol. The van der Waals surface area contributed by atoms with Crippen molar-refractivity contribution >= 4 is 34.2 Å². The second kappa shape index (κ2) is 4.36. The Morgan fingerprint density at radius 2 is 2.19 bits per heavy atom. The lowest BCUT2D eigenvalue weighted by atomic mass is 10.3. The molecule has 0 atom stereocenters. The minimum absolute atomic E-state index is 0.244. The second-order valence-electron chi connectivity index (χ2n) is 3.70. The maximum Gasteiger partial charge on any atom is 0.207 e. The van der Waals surface area contributed by atoms with Gasteiger partial charge in [0, 0.05) is 10.9 Å². The lowest BCUT2D eigenvalue weighted by molar-refractivity contribution is 0.831. The van der Waals surface area contributed by atoms with Crippen molar-refractivity contribution in [3.8, 4) is 6.07 Å². The minimum atomic E-state index is 0.244. The highest BCUT2D eigenvalue weighted by Crippen LogP contribution is 2.40. The number of aryl methyl sites for hydroxylation is 1. The largest absolute Gasteiger partial charge is 0.316 e. The molecule has 6 heteroatoms. The van der Waals surface area contributed by atoms with Gasteiger partial charge in [-0.2, -0.15) is 5.26 Å². The zero-order valence-corrected chi connectivity index (χ0v) is 10.9. The highest BCUT2D eigenvalue weighted by atomic mass is 32.2. The topological polar surface area (TPSA) is 60.2 Å². The summed E-state index contributed by atoms with van der Waals surface area (Å²) in [7, 11) is 0. The molecule has 0 unspecified atom stereocenters. The third kappa shape index (κ3) is 2.01. The molecule has 1 aliphatic rings. The fourth-order valence-corrected chi connectivity index (χ4v) is 3.34. The highest BCUT2D eigenvalue weighted by molar-refractivity contribution is 7.98. The van der Waals surface area contributed by atoms with Crippen LogP contribution >= 0.6 is 23.3 Å². The maximum atomic E-state index is 9.03. The molecule has 1 aromatic heterocycles. The summed E-state index contributed by atoms with van der Waals surface area (Å²) in [6, 6.07) is 2.47. The summed E-state index contributed by atoms with van der Waals surface area (Å²) in [5.41, 5.74) is 0.758. The van der Waals surface area contributed by atoms with Gasteiger partial charge in [0.15, 0.2) is 0 Å². The van der Waals surface area contributed by atoms with Gasteiger partial charge in [-0.3, -0.25) is 4.72 Å². The van der Waals surface area contributed by atoms with Crippen LogP contribution in [0.2, 0.25) is 0 Å². The molecule has 0 aliphatic carbocycles. The van der Waals surface area contributed by atoms with Crippen LogP contribution in [0.5, 0.6) is 0 Å². The molecule has 84 valence electrons. The van der Waals surface area contributed by atoms with Crippen LogP contribution in [0, 0.1) is 18.3 Å². The van der Waals surface area contributed by atoms with E-state index < -0.39 is 0 Å². The molecule has 4 nitrogen and oxygen atoms in total. The number of fused-ring (bicyclic) bond motifs is 1. The van der Waals surface area contributed by atoms with Crippen LogP contribution in [0.4, 0.5) is 5.00 Å². The zero-order chi connectivity index (χ0) is 11.7. The average molecular weight is 252 g/mol. The van der Waals surface area contributed by atoms with Gasteiger partial charge < -0.3 is 5.32 Å². The van der Waals surface area contributed by atoms with Crippen molar-refractivity contribution in [2.75, 3.05) is 5.32 Å². The van der Waals surface area contributed by atoms with Crippen LogP contribution in [0.1, 0.15) is 24.3 Å². The molecule has 1 aromatic rings. The highest BCUT2D eigenvalue weighted by Gasteiger charge is 2.22. The molecule has 0 amide bonds. The summed E-state index contributed by atoms with van der Waals surface area (Å²) in [6.45, 7) is 6.01. The summed E-state index contributed by atoms with van der Waals surface area (Å²) >= 11 is 3.05. The lowest BCUT2D eigenvalue weighted by Gasteiger charge is -2.17. The third-order valence-corrected chi connectivity index (χ3v) is 4.08. The second-order valence-corrected chi connectivity index (χ2v) is 5.75. The maximum absolute atomic E-state index is 9.03. The minimum Gasteiger partial charge on any atom is -0.316 e. The first-order chi connectivity index (χ1) is 7.61. The first kappa shape index (κ1) is 11.3. The fraction of sp³-hybridized carbons (Fsp3) is 0.400. The van der Waals surface area contributed by atoms with Gasteiger partial charge in [0.05, 0.1) is 10.5 Å². The standard InChI is InChI=1S/C10H12N4S2/c1-5(2)12-10-13-9-8(16-14-10)7(4-11)6(3)15-9/h5H,1-3H3,(H2,12,13,14). The molecule has 0 saturated carbocycles. The van der Waals surface area contributed by atoms with E-state index in [-0.39, 0.29) is 6.04 Å². The molecule has 0 aromatic carbocycles. The van der Waals surface area contributed by atoms with Crippen molar-refractivity contribution in [2.24, 2.45) is 4.99 Å². The quantitative estimate of drug-likeness (QED) is 0.754. The van der Waals surface area contributed by atoms with E-state index in [1.54, 1.807) is 11.3 Å². The van der Waals surface area contributed by atoms with Crippen molar-refractivity contribution in [3.05, 3.63) is 10.4 Å². The number of rotatable bonds is 1. The van der Waals surface area contributed by atoms with Crippen LogP contribution in [0.15, 0.2) is 9.89 Å². The molecule has 2 N–H and O–H groups in total. The Balaban J connectivity index is 2.33. The number of guanidine groups is 1. The van der Waals surface area contributed by atoms with E-state index >= 15 is 0 Å². The van der Waals surface area contributed by atoms with Gasteiger partial charge in [0.2, 0.25) is 5.96 Å². The summed E-state index contributed by atoms with van der Waals surface area (Å²) in [6.07, 6.45) is 0. The Morgan fingerprint density at radius 1 is 1.44 bits per heavy atom. The number of thiophene rings is 1. The molecular weight excluding hydrogens is 240 g/mol.